The van der Waals surface area contributed by atoms with Crippen LogP contribution in [0.15, 0.2) is 24.3 Å². The SMILES string of the molecule is CC1CN(C(C)C(=O)Nc2ccc(C(N)=S)cc2)CC1C. The van der Waals surface area contributed by atoms with Crippen molar-refractivity contribution in [2.24, 2.45) is 17.6 Å². The minimum absolute atomic E-state index is 0.0272. The zero-order valence-electron chi connectivity index (χ0n) is 12.8. The molecule has 1 saturated heterocycles. The van der Waals surface area contributed by atoms with Gasteiger partial charge in [-0.2, -0.15) is 0 Å². The van der Waals surface area contributed by atoms with E-state index in [0.29, 0.717) is 16.8 Å². The molecular weight excluding hydrogens is 282 g/mol. The molecule has 5 heteroatoms. The maximum Gasteiger partial charge on any atom is 0.241 e. The van der Waals surface area contributed by atoms with E-state index in [0.717, 1.165) is 24.3 Å². The van der Waals surface area contributed by atoms with Crippen molar-refractivity contribution in [2.75, 3.05) is 18.4 Å². The second-order valence-electron chi connectivity index (χ2n) is 6.02. The molecule has 0 spiro atoms. The van der Waals surface area contributed by atoms with Gasteiger partial charge >= 0.3 is 0 Å². The lowest BCUT2D eigenvalue weighted by molar-refractivity contribution is -0.120. The van der Waals surface area contributed by atoms with Crippen LogP contribution in [0.2, 0.25) is 0 Å². The molecule has 3 unspecified atom stereocenters. The van der Waals surface area contributed by atoms with Crippen LogP contribution in [0.4, 0.5) is 5.69 Å². The summed E-state index contributed by atoms with van der Waals surface area (Å²) in [6.45, 7) is 8.41. The molecule has 0 aromatic heterocycles. The van der Waals surface area contributed by atoms with E-state index in [9.17, 15) is 4.79 Å². The van der Waals surface area contributed by atoms with E-state index in [1.165, 1.54) is 0 Å². The van der Waals surface area contributed by atoms with Crippen molar-refractivity contribution in [3.63, 3.8) is 0 Å². The summed E-state index contributed by atoms with van der Waals surface area (Å²) in [6, 6.07) is 7.18. The van der Waals surface area contributed by atoms with Crippen molar-refractivity contribution < 1.29 is 4.79 Å². The largest absolute Gasteiger partial charge is 0.389 e. The molecule has 21 heavy (non-hydrogen) atoms. The van der Waals surface area contributed by atoms with E-state index >= 15 is 0 Å². The van der Waals surface area contributed by atoms with Gasteiger partial charge in [0.05, 0.1) is 6.04 Å². The molecule has 1 aromatic rings. The number of carbonyl (C=O) groups is 1. The first-order valence-electron chi connectivity index (χ1n) is 7.33. The highest BCUT2D eigenvalue weighted by Crippen LogP contribution is 2.24. The molecule has 114 valence electrons. The lowest BCUT2D eigenvalue weighted by Gasteiger charge is -2.23. The number of thiocarbonyl (C=S) groups is 1. The summed E-state index contributed by atoms with van der Waals surface area (Å²) in [4.78, 5) is 14.9. The topological polar surface area (TPSA) is 58.4 Å². The molecule has 0 bridgehead atoms. The zero-order valence-corrected chi connectivity index (χ0v) is 13.6. The average Bonchev–Trinajstić information content (AvgIpc) is 2.78. The molecule has 4 nitrogen and oxygen atoms in total. The number of nitrogens with two attached hydrogens (primary N) is 1. The van der Waals surface area contributed by atoms with Crippen LogP contribution < -0.4 is 11.1 Å². The Bertz CT molecular complexity index is 519. The quantitative estimate of drug-likeness (QED) is 0.838. The first-order valence-corrected chi connectivity index (χ1v) is 7.74. The summed E-state index contributed by atoms with van der Waals surface area (Å²) in [5, 5.41) is 2.95. The normalized spacial score (nSPS) is 23.8. The van der Waals surface area contributed by atoms with Gasteiger partial charge in [-0.3, -0.25) is 9.69 Å². The van der Waals surface area contributed by atoms with Crippen LogP contribution in [0.5, 0.6) is 0 Å². The molecule has 0 radical (unpaired) electrons. The zero-order chi connectivity index (χ0) is 15.6. The van der Waals surface area contributed by atoms with Crippen LogP contribution in [0.25, 0.3) is 0 Å². The van der Waals surface area contributed by atoms with E-state index in [4.69, 9.17) is 18.0 Å². The number of likely N-dealkylation sites (tertiary alicyclic amines) is 1. The van der Waals surface area contributed by atoms with Crippen LogP contribution in [0.1, 0.15) is 26.3 Å². The molecule has 3 N–H and O–H groups in total. The third-order valence-corrected chi connectivity index (χ3v) is 4.62. The van der Waals surface area contributed by atoms with Crippen molar-refractivity contribution in [3.8, 4) is 0 Å². The smallest absolute Gasteiger partial charge is 0.241 e. The third kappa shape index (κ3) is 3.80. The third-order valence-electron chi connectivity index (χ3n) is 4.38. The highest BCUT2D eigenvalue weighted by molar-refractivity contribution is 7.80. The predicted octanol–water partition coefficient (Wildman–Crippen LogP) is 2.24. The molecule has 1 aliphatic rings. The maximum absolute atomic E-state index is 12.3. The molecule has 1 heterocycles. The summed E-state index contributed by atoms with van der Waals surface area (Å²) < 4.78 is 0. The van der Waals surface area contributed by atoms with E-state index in [-0.39, 0.29) is 11.9 Å². The first-order chi connectivity index (χ1) is 9.88. The van der Waals surface area contributed by atoms with E-state index in [2.05, 4.69) is 24.1 Å². The van der Waals surface area contributed by atoms with Gasteiger partial charge in [-0.25, -0.2) is 0 Å². The molecular formula is C16H23N3OS. The van der Waals surface area contributed by atoms with Gasteiger partial charge in [-0.05, 0) is 43.0 Å². The van der Waals surface area contributed by atoms with Crippen LogP contribution in [-0.2, 0) is 4.79 Å². The molecule has 3 atom stereocenters. The Labute approximate surface area is 131 Å². The summed E-state index contributed by atoms with van der Waals surface area (Å²) in [5.74, 6) is 1.31. The predicted molar refractivity (Wildman–Crippen MR) is 90.3 cm³/mol. The average molecular weight is 305 g/mol. The number of anilines is 1. The van der Waals surface area contributed by atoms with Crippen molar-refractivity contribution in [2.45, 2.75) is 26.8 Å². The number of nitrogens with one attached hydrogen (secondary N) is 1. The van der Waals surface area contributed by atoms with Crippen molar-refractivity contribution in [1.29, 1.82) is 0 Å². The fraction of sp³-hybridized carbons (Fsp3) is 0.500. The number of benzene rings is 1. The fourth-order valence-electron chi connectivity index (χ4n) is 2.62. The number of hydrogen-bond acceptors (Lipinski definition) is 3. The van der Waals surface area contributed by atoms with E-state index in [1.807, 2.05) is 31.2 Å². The molecule has 1 amide bonds. The minimum Gasteiger partial charge on any atom is -0.389 e. The van der Waals surface area contributed by atoms with Gasteiger partial charge in [0.15, 0.2) is 0 Å². The maximum atomic E-state index is 12.3. The molecule has 0 aliphatic carbocycles. The lowest BCUT2D eigenvalue weighted by Crippen LogP contribution is -2.40. The summed E-state index contributed by atoms with van der Waals surface area (Å²) >= 11 is 4.91. The number of nitrogens with zero attached hydrogens (tertiary/aromatic N) is 1. The van der Waals surface area contributed by atoms with Crippen LogP contribution >= 0.6 is 12.2 Å². The van der Waals surface area contributed by atoms with E-state index in [1.54, 1.807) is 0 Å². The standard InChI is InChI=1S/C16H23N3OS/c1-10-8-19(9-11(10)2)12(3)16(20)18-14-6-4-13(5-7-14)15(17)21/h4-7,10-12H,8-9H2,1-3H3,(H2,17,21)(H,18,20). The Hall–Kier alpha value is -1.46. The van der Waals surface area contributed by atoms with Gasteiger partial charge in [0.25, 0.3) is 0 Å². The highest BCUT2D eigenvalue weighted by Gasteiger charge is 2.31. The Morgan fingerprint density at radius 1 is 1.29 bits per heavy atom. The van der Waals surface area contributed by atoms with Crippen molar-refractivity contribution >= 4 is 28.8 Å². The number of rotatable bonds is 4. The highest BCUT2D eigenvalue weighted by atomic mass is 32.1. The molecule has 1 fully saturated rings. The summed E-state index contributed by atoms with van der Waals surface area (Å²) in [5.41, 5.74) is 7.13. The van der Waals surface area contributed by atoms with Gasteiger partial charge in [0.1, 0.15) is 4.99 Å². The second-order valence-corrected chi connectivity index (χ2v) is 6.46. The first kappa shape index (κ1) is 15.9. The summed E-state index contributed by atoms with van der Waals surface area (Å²) in [6.07, 6.45) is 0. The number of amides is 1. The Morgan fingerprint density at radius 3 is 2.29 bits per heavy atom. The molecule has 0 saturated carbocycles. The Balaban J connectivity index is 1.96. The fourth-order valence-corrected chi connectivity index (χ4v) is 2.76. The van der Waals surface area contributed by atoms with Crippen molar-refractivity contribution in [3.05, 3.63) is 29.8 Å². The monoisotopic (exact) mass is 305 g/mol. The van der Waals surface area contributed by atoms with Gasteiger partial charge in [0, 0.05) is 24.3 Å². The molecule has 2 rings (SSSR count). The molecule has 1 aromatic carbocycles. The van der Waals surface area contributed by atoms with Crippen molar-refractivity contribution in [1.82, 2.24) is 4.90 Å². The number of carbonyl (C=O) groups excluding carboxylic acids is 1. The van der Waals surface area contributed by atoms with Crippen LogP contribution in [0, 0.1) is 11.8 Å². The van der Waals surface area contributed by atoms with Crippen LogP contribution in [-0.4, -0.2) is 34.9 Å². The van der Waals surface area contributed by atoms with Gasteiger partial charge in [-0.15, -0.1) is 0 Å². The minimum atomic E-state index is -0.118. The second kappa shape index (κ2) is 6.54. The van der Waals surface area contributed by atoms with E-state index < -0.39 is 0 Å². The van der Waals surface area contributed by atoms with Gasteiger partial charge in [-0.1, -0.05) is 26.1 Å². The Kier molecular flexibility index (Phi) is 4.96. The molecule has 1 aliphatic heterocycles. The van der Waals surface area contributed by atoms with Gasteiger partial charge in [0.2, 0.25) is 5.91 Å². The number of hydrogen-bond donors (Lipinski definition) is 2. The lowest BCUT2D eigenvalue weighted by atomic mass is 10.0. The van der Waals surface area contributed by atoms with Crippen LogP contribution in [0.3, 0.4) is 0 Å². The summed E-state index contributed by atoms with van der Waals surface area (Å²) in [7, 11) is 0. The Morgan fingerprint density at radius 2 is 1.81 bits per heavy atom. The van der Waals surface area contributed by atoms with Gasteiger partial charge < -0.3 is 11.1 Å².